The average molecular weight is 309 g/mol. The third-order valence-electron chi connectivity index (χ3n) is 4.46. The zero-order chi connectivity index (χ0) is 17.4. The molecule has 2 rings (SSSR count). The van der Waals surface area contributed by atoms with Crippen molar-refractivity contribution in [3.8, 4) is 0 Å². The second-order valence-corrected chi connectivity index (χ2v) is 8.72. The molecule has 0 aliphatic carbocycles. The average Bonchev–Trinajstić information content (AvgIpc) is 2.41. The Morgan fingerprint density at radius 3 is 1.57 bits per heavy atom. The maximum Gasteiger partial charge on any atom is 0.0390 e. The molecule has 0 fully saturated rings. The van der Waals surface area contributed by atoms with Crippen LogP contribution in [-0.2, 0) is 10.8 Å². The molecule has 0 amide bonds. The summed E-state index contributed by atoms with van der Waals surface area (Å²) in [6, 6.07) is 13.5. The quantitative estimate of drug-likeness (QED) is 0.655. The van der Waals surface area contributed by atoms with Gasteiger partial charge in [0.2, 0.25) is 0 Å². The van der Waals surface area contributed by atoms with Gasteiger partial charge in [0.15, 0.2) is 0 Å². The SMILES string of the molecule is Cc1ccc(Nc2cc(C(C)(C)C)cc(C(C)(C)C)c2)cc1C. The Hall–Kier alpha value is -1.76. The van der Waals surface area contributed by atoms with Gasteiger partial charge in [-0.2, -0.15) is 0 Å². The number of benzene rings is 2. The molecule has 0 saturated heterocycles. The summed E-state index contributed by atoms with van der Waals surface area (Å²) in [4.78, 5) is 0. The maximum absolute atomic E-state index is 3.60. The molecule has 0 atom stereocenters. The van der Waals surface area contributed by atoms with Crippen LogP contribution < -0.4 is 5.32 Å². The Kier molecular flexibility index (Phi) is 4.61. The van der Waals surface area contributed by atoms with Crippen LogP contribution in [0.25, 0.3) is 0 Å². The molecule has 1 nitrogen and oxygen atoms in total. The highest BCUT2D eigenvalue weighted by Crippen LogP contribution is 2.33. The molecular formula is C22H31N. The summed E-state index contributed by atoms with van der Waals surface area (Å²) in [5, 5.41) is 3.60. The number of hydrogen-bond donors (Lipinski definition) is 1. The predicted molar refractivity (Wildman–Crippen MR) is 103 cm³/mol. The minimum Gasteiger partial charge on any atom is -0.356 e. The van der Waals surface area contributed by atoms with Gasteiger partial charge in [0.05, 0.1) is 0 Å². The van der Waals surface area contributed by atoms with Crippen LogP contribution in [0.4, 0.5) is 11.4 Å². The lowest BCUT2D eigenvalue weighted by atomic mass is 9.80. The first-order valence-electron chi connectivity index (χ1n) is 8.47. The minimum absolute atomic E-state index is 0.140. The van der Waals surface area contributed by atoms with Gasteiger partial charge in [-0.25, -0.2) is 0 Å². The molecule has 124 valence electrons. The van der Waals surface area contributed by atoms with Crippen molar-refractivity contribution in [2.24, 2.45) is 0 Å². The van der Waals surface area contributed by atoms with Gasteiger partial charge in [-0.3, -0.25) is 0 Å². The van der Waals surface area contributed by atoms with Crippen molar-refractivity contribution in [2.45, 2.75) is 66.2 Å². The van der Waals surface area contributed by atoms with Crippen LogP contribution in [0.1, 0.15) is 63.8 Å². The van der Waals surface area contributed by atoms with Crippen LogP contribution in [0.5, 0.6) is 0 Å². The summed E-state index contributed by atoms with van der Waals surface area (Å²) in [7, 11) is 0. The van der Waals surface area contributed by atoms with Crippen molar-refractivity contribution in [3.63, 3.8) is 0 Å². The van der Waals surface area contributed by atoms with Crippen LogP contribution in [-0.4, -0.2) is 0 Å². The third kappa shape index (κ3) is 4.37. The highest BCUT2D eigenvalue weighted by Gasteiger charge is 2.20. The molecule has 0 aliphatic rings. The van der Waals surface area contributed by atoms with E-state index in [0.717, 1.165) is 5.69 Å². The van der Waals surface area contributed by atoms with Crippen molar-refractivity contribution < 1.29 is 0 Å². The second kappa shape index (κ2) is 6.03. The molecule has 1 N–H and O–H groups in total. The summed E-state index contributed by atoms with van der Waals surface area (Å²) in [5.74, 6) is 0. The largest absolute Gasteiger partial charge is 0.356 e. The third-order valence-corrected chi connectivity index (χ3v) is 4.46. The van der Waals surface area contributed by atoms with Crippen molar-refractivity contribution >= 4 is 11.4 Å². The normalized spacial score (nSPS) is 12.3. The molecule has 0 unspecified atom stereocenters. The first-order chi connectivity index (χ1) is 10.5. The summed E-state index contributed by atoms with van der Waals surface area (Å²) in [6.07, 6.45) is 0. The van der Waals surface area contributed by atoms with E-state index >= 15 is 0 Å². The molecule has 2 aromatic rings. The van der Waals surface area contributed by atoms with Crippen molar-refractivity contribution in [1.82, 2.24) is 0 Å². The van der Waals surface area contributed by atoms with E-state index in [2.05, 4.69) is 97.1 Å². The molecule has 0 heterocycles. The molecule has 0 bridgehead atoms. The number of aryl methyl sites for hydroxylation is 2. The lowest BCUT2D eigenvalue weighted by Crippen LogP contribution is -2.16. The summed E-state index contributed by atoms with van der Waals surface area (Å²) < 4.78 is 0. The topological polar surface area (TPSA) is 12.0 Å². The smallest absolute Gasteiger partial charge is 0.0390 e. The highest BCUT2D eigenvalue weighted by atomic mass is 14.9. The van der Waals surface area contributed by atoms with Gasteiger partial charge in [-0.1, -0.05) is 53.7 Å². The molecule has 0 aromatic heterocycles. The Balaban J connectivity index is 2.46. The van der Waals surface area contributed by atoms with Gasteiger partial charge in [0.1, 0.15) is 0 Å². The molecule has 0 aliphatic heterocycles. The zero-order valence-electron chi connectivity index (χ0n) is 16.0. The zero-order valence-corrected chi connectivity index (χ0v) is 16.0. The Bertz CT molecular complexity index is 665. The summed E-state index contributed by atoms with van der Waals surface area (Å²) >= 11 is 0. The Labute approximate surface area is 142 Å². The standard InChI is InChI=1S/C22H31N/c1-15-9-10-19(11-16(15)2)23-20-13-17(21(3,4)5)12-18(14-20)22(6,7)8/h9-14,23H,1-8H3. The summed E-state index contributed by atoms with van der Waals surface area (Å²) in [6.45, 7) is 17.9. The van der Waals surface area contributed by atoms with Gasteiger partial charge in [0.25, 0.3) is 0 Å². The van der Waals surface area contributed by atoms with E-state index in [-0.39, 0.29) is 10.8 Å². The van der Waals surface area contributed by atoms with Crippen molar-refractivity contribution in [1.29, 1.82) is 0 Å². The fourth-order valence-corrected chi connectivity index (χ4v) is 2.55. The Morgan fingerprint density at radius 2 is 1.13 bits per heavy atom. The fraction of sp³-hybridized carbons (Fsp3) is 0.455. The first kappa shape index (κ1) is 17.6. The first-order valence-corrected chi connectivity index (χ1v) is 8.47. The lowest BCUT2D eigenvalue weighted by molar-refractivity contribution is 0.569. The van der Waals surface area contributed by atoms with Crippen LogP contribution >= 0.6 is 0 Å². The molecular weight excluding hydrogens is 278 g/mol. The van der Waals surface area contributed by atoms with Gasteiger partial charge < -0.3 is 5.32 Å². The number of hydrogen-bond acceptors (Lipinski definition) is 1. The number of nitrogens with one attached hydrogen (secondary N) is 1. The van der Waals surface area contributed by atoms with Gasteiger partial charge in [-0.15, -0.1) is 0 Å². The number of rotatable bonds is 2. The van der Waals surface area contributed by atoms with Crippen molar-refractivity contribution in [2.75, 3.05) is 5.32 Å². The van der Waals surface area contributed by atoms with Gasteiger partial charge >= 0.3 is 0 Å². The minimum atomic E-state index is 0.140. The molecule has 1 heteroatoms. The van der Waals surface area contributed by atoms with E-state index in [1.165, 1.54) is 27.9 Å². The van der Waals surface area contributed by atoms with E-state index in [9.17, 15) is 0 Å². The molecule has 0 radical (unpaired) electrons. The van der Waals surface area contributed by atoms with E-state index in [1.54, 1.807) is 0 Å². The van der Waals surface area contributed by atoms with Crippen molar-refractivity contribution in [3.05, 3.63) is 58.7 Å². The van der Waals surface area contributed by atoms with Crippen LogP contribution in [0.15, 0.2) is 36.4 Å². The van der Waals surface area contributed by atoms with E-state index in [1.807, 2.05) is 0 Å². The fourth-order valence-electron chi connectivity index (χ4n) is 2.55. The lowest BCUT2D eigenvalue weighted by Gasteiger charge is -2.26. The van der Waals surface area contributed by atoms with Crippen LogP contribution in [0.3, 0.4) is 0 Å². The molecule has 23 heavy (non-hydrogen) atoms. The van der Waals surface area contributed by atoms with E-state index < -0.39 is 0 Å². The Morgan fingerprint density at radius 1 is 0.609 bits per heavy atom. The maximum atomic E-state index is 3.60. The van der Waals surface area contributed by atoms with E-state index in [4.69, 9.17) is 0 Å². The summed E-state index contributed by atoms with van der Waals surface area (Å²) in [5.41, 5.74) is 7.99. The van der Waals surface area contributed by atoms with E-state index in [0.29, 0.717) is 0 Å². The molecule has 0 saturated carbocycles. The molecule has 2 aromatic carbocycles. The monoisotopic (exact) mass is 309 g/mol. The van der Waals surface area contributed by atoms with Gasteiger partial charge in [-0.05, 0) is 71.2 Å². The molecule has 0 spiro atoms. The van der Waals surface area contributed by atoms with Gasteiger partial charge in [0, 0.05) is 11.4 Å². The second-order valence-electron chi connectivity index (χ2n) is 8.72. The highest BCUT2D eigenvalue weighted by molar-refractivity contribution is 5.63. The number of anilines is 2. The van der Waals surface area contributed by atoms with Crippen LogP contribution in [0, 0.1) is 13.8 Å². The predicted octanol–water partition coefficient (Wildman–Crippen LogP) is 6.64. The van der Waals surface area contributed by atoms with Crippen LogP contribution in [0.2, 0.25) is 0 Å².